The predicted molar refractivity (Wildman–Crippen MR) is 118 cm³/mol. The van der Waals surface area contributed by atoms with Crippen molar-refractivity contribution in [3.63, 3.8) is 0 Å². The third kappa shape index (κ3) is 6.03. The lowest BCUT2D eigenvalue weighted by Crippen LogP contribution is -2.37. The Morgan fingerprint density at radius 1 is 1.06 bits per heavy atom. The van der Waals surface area contributed by atoms with E-state index in [1.165, 1.54) is 0 Å². The van der Waals surface area contributed by atoms with E-state index in [9.17, 15) is 0 Å². The topological polar surface area (TPSA) is 75.4 Å². The maximum atomic E-state index is 6.32. The van der Waals surface area contributed by atoms with E-state index in [0.717, 1.165) is 50.6 Å². The third-order valence-corrected chi connectivity index (χ3v) is 5.46. The van der Waals surface area contributed by atoms with Gasteiger partial charge in [0.05, 0.1) is 19.8 Å². The van der Waals surface area contributed by atoms with Crippen LogP contribution in [0.15, 0.2) is 42.5 Å². The molecule has 7 heteroatoms. The number of benzene rings is 2. The van der Waals surface area contributed by atoms with Gasteiger partial charge in [-0.25, -0.2) is 0 Å². The molecule has 0 bridgehead atoms. The number of ether oxygens (including phenoxy) is 5. The molecule has 0 aromatic heterocycles. The van der Waals surface area contributed by atoms with E-state index < -0.39 is 0 Å². The SMILES string of the molecule is CC(N)CC(Oc1cccc2c1OCO2)c1ccc(OCCCN2CCOCC2)cc1. The molecule has 2 atom stereocenters. The summed E-state index contributed by atoms with van der Waals surface area (Å²) in [4.78, 5) is 2.42. The molecule has 7 nitrogen and oxygen atoms in total. The molecule has 1 saturated heterocycles. The summed E-state index contributed by atoms with van der Waals surface area (Å²) in [5.41, 5.74) is 7.15. The molecule has 2 unspecified atom stereocenters. The molecule has 2 heterocycles. The first kappa shape index (κ1) is 21.7. The third-order valence-electron chi connectivity index (χ3n) is 5.46. The second kappa shape index (κ2) is 10.7. The van der Waals surface area contributed by atoms with Gasteiger partial charge in [-0.15, -0.1) is 0 Å². The van der Waals surface area contributed by atoms with Gasteiger partial charge < -0.3 is 29.4 Å². The van der Waals surface area contributed by atoms with Gasteiger partial charge in [-0.05, 0) is 43.2 Å². The smallest absolute Gasteiger partial charge is 0.231 e. The molecule has 0 radical (unpaired) electrons. The first-order valence-electron chi connectivity index (χ1n) is 11.0. The molecule has 168 valence electrons. The van der Waals surface area contributed by atoms with E-state index in [0.29, 0.717) is 30.3 Å². The highest BCUT2D eigenvalue weighted by atomic mass is 16.7. The molecular formula is C24H32N2O5. The zero-order chi connectivity index (χ0) is 21.5. The van der Waals surface area contributed by atoms with Gasteiger partial charge in [-0.2, -0.15) is 0 Å². The van der Waals surface area contributed by atoms with E-state index >= 15 is 0 Å². The Hall–Kier alpha value is -2.48. The van der Waals surface area contributed by atoms with Crippen molar-refractivity contribution in [2.45, 2.75) is 31.9 Å². The summed E-state index contributed by atoms with van der Waals surface area (Å²) >= 11 is 0. The highest BCUT2D eigenvalue weighted by molar-refractivity contribution is 5.52. The summed E-state index contributed by atoms with van der Waals surface area (Å²) in [6, 6.07) is 13.8. The molecule has 4 rings (SSSR count). The van der Waals surface area contributed by atoms with Crippen LogP contribution < -0.4 is 24.7 Å². The molecule has 0 saturated carbocycles. The van der Waals surface area contributed by atoms with Crippen LogP contribution in [0.4, 0.5) is 0 Å². The van der Waals surface area contributed by atoms with Crippen molar-refractivity contribution in [3.8, 4) is 23.0 Å². The van der Waals surface area contributed by atoms with Crippen molar-refractivity contribution in [1.29, 1.82) is 0 Å². The van der Waals surface area contributed by atoms with Gasteiger partial charge in [0.2, 0.25) is 12.5 Å². The fourth-order valence-corrected chi connectivity index (χ4v) is 3.82. The molecule has 1 fully saturated rings. The van der Waals surface area contributed by atoms with Crippen molar-refractivity contribution >= 4 is 0 Å². The molecule has 0 aliphatic carbocycles. The van der Waals surface area contributed by atoms with Gasteiger partial charge in [0.1, 0.15) is 11.9 Å². The number of nitrogens with two attached hydrogens (primary N) is 1. The summed E-state index contributed by atoms with van der Waals surface area (Å²) in [7, 11) is 0. The first-order chi connectivity index (χ1) is 15.2. The quantitative estimate of drug-likeness (QED) is 0.582. The average Bonchev–Trinajstić information content (AvgIpc) is 3.27. The zero-order valence-corrected chi connectivity index (χ0v) is 18.1. The maximum absolute atomic E-state index is 6.32. The minimum absolute atomic E-state index is 0.00459. The largest absolute Gasteiger partial charge is 0.494 e. The van der Waals surface area contributed by atoms with Crippen LogP contribution in [0.3, 0.4) is 0 Å². The van der Waals surface area contributed by atoms with Crippen LogP contribution in [0.1, 0.15) is 31.4 Å². The summed E-state index contributed by atoms with van der Waals surface area (Å²) in [6.45, 7) is 7.62. The molecule has 31 heavy (non-hydrogen) atoms. The number of hydrogen-bond acceptors (Lipinski definition) is 7. The van der Waals surface area contributed by atoms with Crippen molar-refractivity contribution in [3.05, 3.63) is 48.0 Å². The molecule has 2 aromatic carbocycles. The number of rotatable bonds is 10. The van der Waals surface area contributed by atoms with Crippen molar-refractivity contribution in [2.24, 2.45) is 5.73 Å². The molecule has 0 spiro atoms. The minimum atomic E-state index is -0.189. The number of hydrogen-bond donors (Lipinski definition) is 1. The first-order valence-corrected chi connectivity index (χ1v) is 11.0. The van der Waals surface area contributed by atoms with Crippen LogP contribution in [-0.2, 0) is 4.74 Å². The molecule has 2 aromatic rings. The van der Waals surface area contributed by atoms with Crippen LogP contribution in [0, 0.1) is 0 Å². The van der Waals surface area contributed by atoms with Gasteiger partial charge in [-0.1, -0.05) is 18.2 Å². The van der Waals surface area contributed by atoms with Crippen LogP contribution in [0.5, 0.6) is 23.0 Å². The number of nitrogens with zero attached hydrogens (tertiary/aromatic N) is 1. The van der Waals surface area contributed by atoms with Crippen molar-refractivity contribution < 1.29 is 23.7 Å². The van der Waals surface area contributed by atoms with Crippen LogP contribution in [-0.4, -0.2) is 57.2 Å². The highest BCUT2D eigenvalue weighted by Crippen LogP contribution is 2.42. The van der Waals surface area contributed by atoms with E-state index in [1.807, 2.05) is 49.4 Å². The molecule has 2 N–H and O–H groups in total. The maximum Gasteiger partial charge on any atom is 0.231 e. The predicted octanol–water partition coefficient (Wildman–Crippen LogP) is 3.37. The average molecular weight is 429 g/mol. The normalized spacial score (nSPS) is 17.9. The van der Waals surface area contributed by atoms with Gasteiger partial charge in [-0.3, -0.25) is 4.90 Å². The summed E-state index contributed by atoms with van der Waals surface area (Å²) < 4.78 is 28.7. The number of para-hydroxylation sites is 1. The monoisotopic (exact) mass is 428 g/mol. The lowest BCUT2D eigenvalue weighted by atomic mass is 10.0. The molecular weight excluding hydrogens is 396 g/mol. The number of fused-ring (bicyclic) bond motifs is 1. The fourth-order valence-electron chi connectivity index (χ4n) is 3.82. The Kier molecular flexibility index (Phi) is 7.51. The van der Waals surface area contributed by atoms with E-state index in [1.54, 1.807) is 0 Å². The fraction of sp³-hybridized carbons (Fsp3) is 0.500. The minimum Gasteiger partial charge on any atom is -0.494 e. The van der Waals surface area contributed by atoms with Gasteiger partial charge in [0.25, 0.3) is 0 Å². The molecule has 2 aliphatic heterocycles. The van der Waals surface area contributed by atoms with Crippen LogP contribution in [0.25, 0.3) is 0 Å². The summed E-state index contributed by atoms with van der Waals surface area (Å²) in [5, 5.41) is 0. The van der Waals surface area contributed by atoms with Gasteiger partial charge in [0.15, 0.2) is 11.5 Å². The Labute approximate surface area is 184 Å². The van der Waals surface area contributed by atoms with E-state index in [-0.39, 0.29) is 18.9 Å². The van der Waals surface area contributed by atoms with Crippen LogP contribution >= 0.6 is 0 Å². The molecule has 0 amide bonds. The van der Waals surface area contributed by atoms with Crippen LogP contribution in [0.2, 0.25) is 0 Å². The summed E-state index contributed by atoms with van der Waals surface area (Å²) in [6.07, 6.45) is 1.50. The second-order valence-electron chi connectivity index (χ2n) is 8.03. The number of morpholine rings is 1. The second-order valence-corrected chi connectivity index (χ2v) is 8.03. The molecule has 2 aliphatic rings. The van der Waals surface area contributed by atoms with E-state index in [4.69, 9.17) is 29.4 Å². The lowest BCUT2D eigenvalue weighted by Gasteiger charge is -2.26. The Morgan fingerprint density at radius 2 is 1.87 bits per heavy atom. The zero-order valence-electron chi connectivity index (χ0n) is 18.1. The van der Waals surface area contributed by atoms with Crippen molar-refractivity contribution in [2.75, 3.05) is 46.2 Å². The highest BCUT2D eigenvalue weighted by Gasteiger charge is 2.23. The Morgan fingerprint density at radius 3 is 2.65 bits per heavy atom. The van der Waals surface area contributed by atoms with Gasteiger partial charge >= 0.3 is 0 Å². The standard InChI is InChI=1S/C24H32N2O5/c1-18(25)16-23(31-22-5-2-4-21-24(22)30-17-29-21)19-6-8-20(9-7-19)28-13-3-10-26-11-14-27-15-12-26/h2,4-9,18,23H,3,10-17,25H2,1H3. The van der Waals surface area contributed by atoms with Gasteiger partial charge in [0, 0.05) is 32.1 Å². The lowest BCUT2D eigenvalue weighted by molar-refractivity contribution is 0.0358. The Balaban J connectivity index is 1.34. The Bertz CT molecular complexity index is 821. The van der Waals surface area contributed by atoms with Crippen molar-refractivity contribution in [1.82, 2.24) is 4.90 Å². The van der Waals surface area contributed by atoms with E-state index in [2.05, 4.69) is 4.90 Å². The summed E-state index contributed by atoms with van der Waals surface area (Å²) in [5.74, 6) is 2.89.